The third kappa shape index (κ3) is 3.40. The van der Waals surface area contributed by atoms with Crippen molar-refractivity contribution in [1.82, 2.24) is 0 Å². The van der Waals surface area contributed by atoms with Gasteiger partial charge < -0.3 is 4.74 Å². The van der Waals surface area contributed by atoms with Gasteiger partial charge in [0.05, 0.1) is 12.5 Å². The van der Waals surface area contributed by atoms with E-state index in [1.165, 1.54) is 0 Å². The number of hydrogen-bond donors (Lipinski definition) is 0. The predicted molar refractivity (Wildman–Crippen MR) is 70.1 cm³/mol. The second kappa shape index (κ2) is 6.13. The second-order valence-electron chi connectivity index (χ2n) is 3.58. The number of hydrogen-bond acceptors (Lipinski definition) is 2. The van der Waals surface area contributed by atoms with Crippen molar-refractivity contribution in [2.45, 2.75) is 6.42 Å². The molecule has 2 nitrogen and oxygen atoms in total. The summed E-state index contributed by atoms with van der Waals surface area (Å²) in [5.41, 5.74) is 0.880. The summed E-state index contributed by atoms with van der Waals surface area (Å²) in [6, 6.07) is 19.1. The minimum absolute atomic E-state index is 0.252. The van der Waals surface area contributed by atoms with Gasteiger partial charge in [0.2, 0.25) is 0 Å². The van der Waals surface area contributed by atoms with Gasteiger partial charge >= 0.3 is 0 Å². The van der Waals surface area contributed by atoms with Gasteiger partial charge in [0, 0.05) is 5.56 Å². The standard InChI is InChI=1S/C16H11NO/c17-13-5-4-6-14-9-11-16(12-10-14)18-15-7-2-1-3-8-15/h1-3,7-12H,5H2. The van der Waals surface area contributed by atoms with Gasteiger partial charge in [-0.2, -0.15) is 5.26 Å². The topological polar surface area (TPSA) is 33.0 Å². The van der Waals surface area contributed by atoms with E-state index in [1.807, 2.05) is 60.7 Å². The summed E-state index contributed by atoms with van der Waals surface area (Å²) in [5, 5.41) is 8.38. The fraction of sp³-hybridized carbons (Fsp3) is 0.0625. The van der Waals surface area contributed by atoms with E-state index in [-0.39, 0.29) is 6.42 Å². The predicted octanol–water partition coefficient (Wildman–Crippen LogP) is 3.74. The van der Waals surface area contributed by atoms with Gasteiger partial charge in [0.15, 0.2) is 0 Å². The largest absolute Gasteiger partial charge is 0.457 e. The first-order chi connectivity index (χ1) is 8.88. The van der Waals surface area contributed by atoms with Crippen LogP contribution in [0.15, 0.2) is 54.6 Å². The Morgan fingerprint density at radius 3 is 2.22 bits per heavy atom. The van der Waals surface area contributed by atoms with E-state index in [2.05, 4.69) is 11.8 Å². The van der Waals surface area contributed by atoms with Crippen molar-refractivity contribution in [2.75, 3.05) is 0 Å². The molecule has 0 aromatic heterocycles. The molecule has 0 radical (unpaired) electrons. The molecule has 0 saturated carbocycles. The van der Waals surface area contributed by atoms with Gasteiger partial charge in [-0.1, -0.05) is 30.0 Å². The summed E-state index contributed by atoms with van der Waals surface area (Å²) in [4.78, 5) is 0. The first-order valence-electron chi connectivity index (χ1n) is 5.57. The first kappa shape index (κ1) is 11.8. The Hall–Kier alpha value is -2.71. The third-order valence-corrected chi connectivity index (χ3v) is 2.23. The molecule has 18 heavy (non-hydrogen) atoms. The smallest absolute Gasteiger partial charge is 0.127 e. The fourth-order valence-corrected chi connectivity index (χ4v) is 1.42. The summed E-state index contributed by atoms with van der Waals surface area (Å²) in [6.45, 7) is 0. The minimum atomic E-state index is 0.252. The van der Waals surface area contributed by atoms with Crippen molar-refractivity contribution in [3.63, 3.8) is 0 Å². The lowest BCUT2D eigenvalue weighted by Gasteiger charge is -2.04. The van der Waals surface area contributed by atoms with Gasteiger partial charge in [-0.25, -0.2) is 0 Å². The summed E-state index contributed by atoms with van der Waals surface area (Å²) in [6.07, 6.45) is 0.252. The van der Waals surface area contributed by atoms with E-state index in [1.54, 1.807) is 0 Å². The maximum absolute atomic E-state index is 8.38. The van der Waals surface area contributed by atoms with Crippen LogP contribution in [-0.2, 0) is 0 Å². The fourth-order valence-electron chi connectivity index (χ4n) is 1.42. The van der Waals surface area contributed by atoms with E-state index in [0.717, 1.165) is 17.1 Å². The molecule has 0 atom stereocenters. The highest BCUT2D eigenvalue weighted by Crippen LogP contribution is 2.20. The van der Waals surface area contributed by atoms with E-state index in [0.29, 0.717) is 0 Å². The molecule has 0 saturated heterocycles. The van der Waals surface area contributed by atoms with Gasteiger partial charge in [0.25, 0.3) is 0 Å². The molecule has 86 valence electrons. The Morgan fingerprint density at radius 1 is 0.889 bits per heavy atom. The average molecular weight is 233 g/mol. The molecule has 0 N–H and O–H groups in total. The Morgan fingerprint density at radius 2 is 1.56 bits per heavy atom. The van der Waals surface area contributed by atoms with Crippen molar-refractivity contribution >= 4 is 0 Å². The summed E-state index contributed by atoms with van der Waals surface area (Å²) < 4.78 is 5.66. The number of ether oxygens (including phenoxy) is 1. The van der Waals surface area contributed by atoms with E-state index < -0.39 is 0 Å². The van der Waals surface area contributed by atoms with E-state index in [4.69, 9.17) is 10.00 Å². The van der Waals surface area contributed by atoms with Gasteiger partial charge in [-0.3, -0.25) is 0 Å². The number of benzene rings is 2. The Kier molecular flexibility index (Phi) is 4.01. The SMILES string of the molecule is N#CCC#Cc1ccc(Oc2ccccc2)cc1. The zero-order chi connectivity index (χ0) is 12.6. The van der Waals surface area contributed by atoms with Crippen molar-refractivity contribution in [1.29, 1.82) is 5.26 Å². The van der Waals surface area contributed by atoms with Crippen molar-refractivity contribution in [3.8, 4) is 29.4 Å². The molecule has 2 aromatic rings. The quantitative estimate of drug-likeness (QED) is 0.740. The number of nitriles is 1. The third-order valence-electron chi connectivity index (χ3n) is 2.23. The highest BCUT2D eigenvalue weighted by atomic mass is 16.5. The van der Waals surface area contributed by atoms with Crippen LogP contribution in [0, 0.1) is 23.2 Å². The maximum atomic E-state index is 8.38. The van der Waals surface area contributed by atoms with Crippen LogP contribution in [0.25, 0.3) is 0 Å². The number of rotatable bonds is 2. The van der Waals surface area contributed by atoms with Crippen LogP contribution < -0.4 is 4.74 Å². The maximum Gasteiger partial charge on any atom is 0.127 e. The van der Waals surface area contributed by atoms with Crippen LogP contribution in [0.3, 0.4) is 0 Å². The molecule has 2 rings (SSSR count). The van der Waals surface area contributed by atoms with Crippen LogP contribution in [0.5, 0.6) is 11.5 Å². The molecule has 0 unspecified atom stereocenters. The molecule has 0 bridgehead atoms. The Labute approximate surface area is 106 Å². The molecule has 0 fully saturated rings. The van der Waals surface area contributed by atoms with E-state index >= 15 is 0 Å². The molecule has 2 heteroatoms. The van der Waals surface area contributed by atoms with E-state index in [9.17, 15) is 0 Å². The van der Waals surface area contributed by atoms with Crippen LogP contribution in [0.1, 0.15) is 12.0 Å². The molecule has 2 aromatic carbocycles. The van der Waals surface area contributed by atoms with Crippen molar-refractivity contribution < 1.29 is 4.74 Å². The molecular weight excluding hydrogens is 222 g/mol. The Balaban J connectivity index is 2.05. The molecule has 0 spiro atoms. The summed E-state index contributed by atoms with van der Waals surface area (Å²) in [5.74, 6) is 7.25. The van der Waals surface area contributed by atoms with Gasteiger partial charge in [0.1, 0.15) is 11.5 Å². The molecule has 0 aliphatic rings. The van der Waals surface area contributed by atoms with Gasteiger partial charge in [-0.05, 0) is 36.4 Å². The highest BCUT2D eigenvalue weighted by molar-refractivity contribution is 5.40. The highest BCUT2D eigenvalue weighted by Gasteiger charge is 1.95. The van der Waals surface area contributed by atoms with Crippen LogP contribution >= 0.6 is 0 Å². The lowest BCUT2D eigenvalue weighted by Crippen LogP contribution is -1.83. The summed E-state index contributed by atoms with van der Waals surface area (Å²) in [7, 11) is 0. The average Bonchev–Trinajstić information content (AvgIpc) is 2.42. The molecule has 0 amide bonds. The number of nitrogens with zero attached hydrogens (tertiary/aromatic N) is 1. The number of para-hydroxylation sites is 1. The lowest BCUT2D eigenvalue weighted by atomic mass is 10.2. The monoisotopic (exact) mass is 233 g/mol. The minimum Gasteiger partial charge on any atom is -0.457 e. The zero-order valence-corrected chi connectivity index (χ0v) is 9.76. The van der Waals surface area contributed by atoms with Crippen molar-refractivity contribution in [2.24, 2.45) is 0 Å². The van der Waals surface area contributed by atoms with Crippen LogP contribution in [0.4, 0.5) is 0 Å². The van der Waals surface area contributed by atoms with Gasteiger partial charge in [-0.15, -0.1) is 0 Å². The zero-order valence-electron chi connectivity index (χ0n) is 9.76. The van der Waals surface area contributed by atoms with Crippen LogP contribution in [-0.4, -0.2) is 0 Å². The Bertz CT molecular complexity index is 598. The first-order valence-corrected chi connectivity index (χ1v) is 5.57. The van der Waals surface area contributed by atoms with Crippen LogP contribution in [0.2, 0.25) is 0 Å². The molecule has 0 aliphatic carbocycles. The molecule has 0 heterocycles. The summed E-state index contributed by atoms with van der Waals surface area (Å²) >= 11 is 0. The normalized spacial score (nSPS) is 8.83. The second-order valence-corrected chi connectivity index (χ2v) is 3.58. The van der Waals surface area contributed by atoms with Crippen molar-refractivity contribution in [3.05, 3.63) is 60.2 Å². The lowest BCUT2D eigenvalue weighted by molar-refractivity contribution is 0.482. The molecular formula is C16H11NO. The molecule has 0 aliphatic heterocycles.